The Morgan fingerprint density at radius 1 is 1.13 bits per heavy atom. The average molecular weight is 403 g/mol. The Morgan fingerprint density at radius 3 is 2.73 bits per heavy atom. The third-order valence-electron chi connectivity index (χ3n) is 4.92. The molecule has 4 aromatic rings. The number of hydrogen-bond acceptors (Lipinski definition) is 6. The van der Waals surface area contributed by atoms with Gasteiger partial charge in [-0.1, -0.05) is 36.4 Å². The first-order valence-electron chi connectivity index (χ1n) is 9.50. The maximum absolute atomic E-state index is 12.9. The molecule has 30 heavy (non-hydrogen) atoms. The number of benzene rings is 2. The van der Waals surface area contributed by atoms with Gasteiger partial charge in [-0.25, -0.2) is 9.67 Å². The van der Waals surface area contributed by atoms with E-state index in [2.05, 4.69) is 20.4 Å². The van der Waals surface area contributed by atoms with Gasteiger partial charge in [-0.15, -0.1) is 0 Å². The van der Waals surface area contributed by atoms with Crippen molar-refractivity contribution in [3.05, 3.63) is 92.8 Å². The van der Waals surface area contributed by atoms with Crippen LogP contribution >= 0.6 is 0 Å². The van der Waals surface area contributed by atoms with E-state index in [0.717, 1.165) is 16.7 Å². The minimum absolute atomic E-state index is 0.230. The van der Waals surface area contributed by atoms with E-state index in [1.54, 1.807) is 26.3 Å². The highest BCUT2D eigenvalue weighted by molar-refractivity contribution is 5.80. The smallest absolute Gasteiger partial charge is 0.275 e. The Kier molecular flexibility index (Phi) is 5.30. The number of aromatic amines is 1. The summed E-state index contributed by atoms with van der Waals surface area (Å²) in [6, 6.07) is 15.7. The summed E-state index contributed by atoms with van der Waals surface area (Å²) in [5.74, 6) is 1.05. The first-order valence-corrected chi connectivity index (χ1v) is 9.50. The predicted molar refractivity (Wildman–Crippen MR) is 115 cm³/mol. The van der Waals surface area contributed by atoms with Gasteiger partial charge in [0.05, 0.1) is 30.4 Å². The van der Waals surface area contributed by atoms with E-state index < -0.39 is 6.04 Å². The summed E-state index contributed by atoms with van der Waals surface area (Å²) in [5.41, 5.74) is 0.814. The van der Waals surface area contributed by atoms with E-state index in [-0.39, 0.29) is 11.1 Å². The van der Waals surface area contributed by atoms with Gasteiger partial charge >= 0.3 is 0 Å². The number of aromatic nitrogens is 4. The third-order valence-corrected chi connectivity index (χ3v) is 4.92. The number of anilines is 1. The zero-order valence-electron chi connectivity index (χ0n) is 16.6. The van der Waals surface area contributed by atoms with Gasteiger partial charge in [0.1, 0.15) is 5.75 Å². The lowest BCUT2D eigenvalue weighted by atomic mass is 10.2. The SMILES string of the molecule is COc1ccccc1CNc1nc([C@@H](C)n2ncc3ccccc3c2=O)cc(=O)[nH]1. The maximum atomic E-state index is 12.9. The van der Waals surface area contributed by atoms with Crippen molar-refractivity contribution in [1.29, 1.82) is 0 Å². The van der Waals surface area contributed by atoms with Crippen molar-refractivity contribution in [2.24, 2.45) is 0 Å². The van der Waals surface area contributed by atoms with E-state index in [4.69, 9.17) is 4.74 Å². The molecule has 0 amide bonds. The highest BCUT2D eigenvalue weighted by Crippen LogP contribution is 2.19. The van der Waals surface area contributed by atoms with Crippen LogP contribution in [0.1, 0.15) is 24.2 Å². The number of ether oxygens (including phenoxy) is 1. The van der Waals surface area contributed by atoms with Crippen LogP contribution in [0.15, 0.2) is 70.4 Å². The largest absolute Gasteiger partial charge is 0.496 e. The fourth-order valence-electron chi connectivity index (χ4n) is 3.31. The van der Waals surface area contributed by atoms with Gasteiger partial charge in [-0.2, -0.15) is 5.10 Å². The molecular formula is C22H21N5O3. The van der Waals surface area contributed by atoms with Crippen LogP contribution in [0.25, 0.3) is 10.8 Å². The van der Waals surface area contributed by atoms with Crippen LogP contribution in [-0.2, 0) is 6.54 Å². The average Bonchev–Trinajstić information content (AvgIpc) is 2.77. The molecule has 2 aromatic carbocycles. The number of rotatable bonds is 6. The van der Waals surface area contributed by atoms with Crippen LogP contribution in [0.4, 0.5) is 5.95 Å². The molecule has 152 valence electrons. The molecule has 0 bridgehead atoms. The topological polar surface area (TPSA) is 102 Å². The molecule has 8 heteroatoms. The molecular weight excluding hydrogens is 382 g/mol. The number of fused-ring (bicyclic) bond motifs is 1. The zero-order chi connectivity index (χ0) is 21.1. The summed E-state index contributed by atoms with van der Waals surface area (Å²) in [4.78, 5) is 32.2. The zero-order valence-corrected chi connectivity index (χ0v) is 16.6. The highest BCUT2D eigenvalue weighted by atomic mass is 16.5. The van der Waals surface area contributed by atoms with E-state index in [0.29, 0.717) is 23.6 Å². The molecule has 0 aliphatic heterocycles. The molecule has 0 saturated heterocycles. The first kappa shape index (κ1) is 19.4. The Labute approximate surface area is 172 Å². The maximum Gasteiger partial charge on any atom is 0.275 e. The number of para-hydroxylation sites is 1. The van der Waals surface area contributed by atoms with Crippen LogP contribution < -0.4 is 21.2 Å². The minimum Gasteiger partial charge on any atom is -0.496 e. The van der Waals surface area contributed by atoms with Crippen molar-refractivity contribution in [3.8, 4) is 5.75 Å². The highest BCUT2D eigenvalue weighted by Gasteiger charge is 2.16. The number of H-pyrrole nitrogens is 1. The second-order valence-corrected chi connectivity index (χ2v) is 6.84. The van der Waals surface area contributed by atoms with E-state index in [9.17, 15) is 9.59 Å². The first-order chi connectivity index (χ1) is 14.6. The molecule has 2 heterocycles. The van der Waals surface area contributed by atoms with Crippen molar-refractivity contribution >= 4 is 16.7 Å². The molecule has 0 aliphatic carbocycles. The summed E-state index contributed by atoms with van der Waals surface area (Å²) in [6.07, 6.45) is 1.64. The van der Waals surface area contributed by atoms with Crippen LogP contribution in [0.5, 0.6) is 5.75 Å². The van der Waals surface area contributed by atoms with Crippen molar-refractivity contribution in [2.45, 2.75) is 19.5 Å². The Balaban J connectivity index is 1.64. The molecule has 0 saturated carbocycles. The number of methoxy groups -OCH3 is 1. The second-order valence-electron chi connectivity index (χ2n) is 6.84. The van der Waals surface area contributed by atoms with Gasteiger partial charge in [-0.3, -0.25) is 14.6 Å². The summed E-state index contributed by atoms with van der Waals surface area (Å²) < 4.78 is 6.69. The van der Waals surface area contributed by atoms with Crippen LogP contribution in [0.3, 0.4) is 0 Å². The summed E-state index contributed by atoms with van der Waals surface area (Å²) in [6.45, 7) is 2.20. The van der Waals surface area contributed by atoms with E-state index in [1.807, 2.05) is 42.5 Å². The molecule has 2 N–H and O–H groups in total. The van der Waals surface area contributed by atoms with Gasteiger partial charge in [0, 0.05) is 23.6 Å². The fraction of sp³-hybridized carbons (Fsp3) is 0.182. The lowest BCUT2D eigenvalue weighted by Gasteiger charge is -2.15. The van der Waals surface area contributed by atoms with Gasteiger partial charge in [-0.05, 0) is 19.1 Å². The fourth-order valence-corrected chi connectivity index (χ4v) is 3.31. The number of nitrogens with one attached hydrogen (secondary N) is 2. The second kappa shape index (κ2) is 8.20. The standard InChI is InChI=1S/C22H21N5O3/c1-14(27-21(29)17-9-5-3-7-15(17)13-24-27)18-11-20(28)26-22(25-18)23-12-16-8-4-6-10-19(16)30-2/h3-11,13-14H,12H2,1-2H3,(H2,23,25,26,28)/t14-/m1/s1. The normalized spacial score (nSPS) is 11.9. The van der Waals surface area contributed by atoms with Gasteiger partial charge < -0.3 is 10.1 Å². The van der Waals surface area contributed by atoms with Crippen molar-refractivity contribution in [2.75, 3.05) is 12.4 Å². The van der Waals surface area contributed by atoms with Crippen LogP contribution in [0.2, 0.25) is 0 Å². The minimum atomic E-state index is -0.517. The molecule has 0 spiro atoms. The lowest BCUT2D eigenvalue weighted by molar-refractivity contribution is 0.410. The quantitative estimate of drug-likeness (QED) is 0.513. The molecule has 0 radical (unpaired) electrons. The Bertz CT molecular complexity index is 1310. The Hall–Kier alpha value is -3.94. The predicted octanol–water partition coefficient (Wildman–Crippen LogP) is 2.71. The molecule has 2 aromatic heterocycles. The monoisotopic (exact) mass is 403 g/mol. The van der Waals surface area contributed by atoms with Crippen molar-refractivity contribution in [3.63, 3.8) is 0 Å². The van der Waals surface area contributed by atoms with E-state index in [1.165, 1.54) is 10.7 Å². The van der Waals surface area contributed by atoms with Crippen LogP contribution in [-0.4, -0.2) is 26.9 Å². The van der Waals surface area contributed by atoms with Crippen LogP contribution in [0, 0.1) is 0 Å². The number of nitrogens with zero attached hydrogens (tertiary/aromatic N) is 3. The molecule has 4 rings (SSSR count). The van der Waals surface area contributed by atoms with Gasteiger partial charge in [0.2, 0.25) is 5.95 Å². The molecule has 0 aliphatic rings. The molecule has 0 fully saturated rings. The number of hydrogen-bond donors (Lipinski definition) is 2. The summed E-state index contributed by atoms with van der Waals surface area (Å²) in [7, 11) is 1.61. The van der Waals surface area contributed by atoms with Gasteiger partial charge in [0.25, 0.3) is 11.1 Å². The molecule has 1 atom stereocenters. The van der Waals surface area contributed by atoms with Crippen molar-refractivity contribution < 1.29 is 4.74 Å². The van der Waals surface area contributed by atoms with Crippen molar-refractivity contribution in [1.82, 2.24) is 19.7 Å². The summed E-state index contributed by atoms with van der Waals surface area (Å²) in [5, 5.41) is 8.72. The van der Waals surface area contributed by atoms with Gasteiger partial charge in [0.15, 0.2) is 0 Å². The van der Waals surface area contributed by atoms with E-state index >= 15 is 0 Å². The Morgan fingerprint density at radius 2 is 1.90 bits per heavy atom. The third kappa shape index (κ3) is 3.80. The summed E-state index contributed by atoms with van der Waals surface area (Å²) >= 11 is 0. The molecule has 0 unspecified atom stereocenters. The lowest BCUT2D eigenvalue weighted by Crippen LogP contribution is -2.28. The molecule has 8 nitrogen and oxygen atoms in total.